The van der Waals surface area contributed by atoms with Crippen LogP contribution in [0.1, 0.15) is 112 Å². The molecule has 11 aromatic rings. The zero-order chi connectivity index (χ0) is 53.9. The van der Waals surface area contributed by atoms with E-state index in [1.807, 2.05) is 0 Å². The predicted molar refractivity (Wildman–Crippen MR) is 332 cm³/mol. The molecule has 9 aromatic carbocycles. The van der Waals surface area contributed by atoms with Gasteiger partial charge >= 0.3 is 0 Å². The number of fused-ring (bicyclic) bond motifs is 10. The Morgan fingerprint density at radius 2 is 0.909 bits per heavy atom. The van der Waals surface area contributed by atoms with Crippen molar-refractivity contribution in [3.05, 3.63) is 202 Å². The van der Waals surface area contributed by atoms with Gasteiger partial charge in [-0.15, -0.1) is 0 Å². The molecule has 0 fully saturated rings. The van der Waals surface area contributed by atoms with Gasteiger partial charge in [-0.25, -0.2) is 0 Å². The van der Waals surface area contributed by atoms with E-state index in [1.54, 1.807) is 0 Å². The van der Waals surface area contributed by atoms with E-state index in [0.717, 1.165) is 21.9 Å². The third-order valence-corrected chi connectivity index (χ3v) is 17.3. The summed E-state index contributed by atoms with van der Waals surface area (Å²) in [7, 11) is 0. The highest BCUT2D eigenvalue weighted by Gasteiger charge is 2.46. The van der Waals surface area contributed by atoms with E-state index in [-0.39, 0.29) is 23.0 Å². The fourth-order valence-corrected chi connectivity index (χ4v) is 13.5. The summed E-state index contributed by atoms with van der Waals surface area (Å²) >= 11 is 0. The summed E-state index contributed by atoms with van der Waals surface area (Å²) < 4.78 is 9.03. The summed E-state index contributed by atoms with van der Waals surface area (Å²) in [4.78, 5) is 5.35. The van der Waals surface area contributed by atoms with Crippen molar-refractivity contribution >= 4 is 101 Å². The lowest BCUT2D eigenvalue weighted by Crippen LogP contribution is -2.61. The molecular formula is C72H70BN3O. The van der Waals surface area contributed by atoms with Crippen molar-refractivity contribution in [3.63, 3.8) is 0 Å². The van der Waals surface area contributed by atoms with Crippen molar-refractivity contribution in [1.82, 2.24) is 4.57 Å². The molecule has 0 radical (unpaired) electrons. The number of furan rings is 1. The van der Waals surface area contributed by atoms with E-state index in [0.29, 0.717) is 0 Å². The van der Waals surface area contributed by atoms with Crippen molar-refractivity contribution in [2.24, 2.45) is 0 Å². The number of para-hydroxylation sites is 3. The summed E-state index contributed by atoms with van der Waals surface area (Å²) in [5, 5.41) is 4.82. The lowest BCUT2D eigenvalue weighted by Gasteiger charge is -2.46. The van der Waals surface area contributed by atoms with Gasteiger partial charge in [0.2, 0.25) is 0 Å². The SMILES string of the molecule is Cc1cc(C(C)(C)C)cc(C)c1N1c2ccc(C(C)(C)C)cc2B2c3cc4c5ccccc5n(-c5c(C)cccc5C)c4cc3N(c3c(C)cc(-c4cccc5oc6ccccc6c45)cc3C)c3cc(C(C)(C)C)cc1c32. The second kappa shape index (κ2) is 16.9. The minimum atomic E-state index is -0.173. The van der Waals surface area contributed by atoms with Crippen LogP contribution in [0.4, 0.5) is 34.1 Å². The Labute approximate surface area is 456 Å². The van der Waals surface area contributed by atoms with Gasteiger partial charge in [0.15, 0.2) is 0 Å². The highest BCUT2D eigenvalue weighted by molar-refractivity contribution is 7.00. The van der Waals surface area contributed by atoms with Crippen molar-refractivity contribution in [2.45, 2.75) is 120 Å². The molecule has 5 heteroatoms. The quantitative estimate of drug-likeness (QED) is 0.164. The predicted octanol–water partition coefficient (Wildman–Crippen LogP) is 18.2. The van der Waals surface area contributed by atoms with E-state index < -0.39 is 0 Å². The van der Waals surface area contributed by atoms with Crippen LogP contribution in [0.15, 0.2) is 156 Å². The molecule has 0 unspecified atom stereocenters. The van der Waals surface area contributed by atoms with Gasteiger partial charge in [0, 0.05) is 44.3 Å². The molecule has 2 aliphatic rings. The molecule has 0 spiro atoms. The smallest absolute Gasteiger partial charge is 0.252 e. The maximum Gasteiger partial charge on any atom is 0.252 e. The van der Waals surface area contributed by atoms with E-state index in [4.69, 9.17) is 4.42 Å². The number of rotatable bonds is 4. The number of hydrogen-bond acceptors (Lipinski definition) is 3. The second-order valence-electron chi connectivity index (χ2n) is 25.8. The number of aromatic nitrogens is 1. The van der Waals surface area contributed by atoms with Crippen LogP contribution in [0.5, 0.6) is 0 Å². The van der Waals surface area contributed by atoms with Crippen molar-refractivity contribution in [1.29, 1.82) is 0 Å². The minimum Gasteiger partial charge on any atom is -0.456 e. The summed E-state index contributed by atoms with van der Waals surface area (Å²) in [5.41, 5.74) is 30.5. The molecule has 77 heavy (non-hydrogen) atoms. The molecule has 0 amide bonds. The van der Waals surface area contributed by atoms with Crippen molar-refractivity contribution < 1.29 is 4.42 Å². The standard InChI is InChI=1S/C72H70BN3O/c1-41-22-20-23-42(2)67(41)74-57-27-18-16-24-52(57)54-39-56-60(40-59(54)74)76(68-43(3)32-47(33-44(68)4)51-26-21-29-64-65(51)53-25-17-19-28-63(53)77-64)62-38-50(72(13,14)15)37-61-66(62)73(56)55-36-48(70(7,8)9)30-31-58(55)75(61)69-45(5)34-49(35-46(69)6)71(10,11)12/h16-40H,1-15H3. The normalized spacial score (nSPS) is 13.6. The summed E-state index contributed by atoms with van der Waals surface area (Å²) in [6.45, 7) is 35.0. The van der Waals surface area contributed by atoms with Gasteiger partial charge in [-0.3, -0.25) is 0 Å². The van der Waals surface area contributed by atoms with Gasteiger partial charge in [0.1, 0.15) is 11.2 Å². The maximum absolute atomic E-state index is 6.47. The number of nitrogens with zero attached hydrogens (tertiary/aromatic N) is 3. The molecule has 0 saturated carbocycles. The Morgan fingerprint density at radius 3 is 1.55 bits per heavy atom. The average molecular weight is 1000 g/mol. The number of aryl methyl sites for hydroxylation is 6. The highest BCUT2D eigenvalue weighted by atomic mass is 16.3. The lowest BCUT2D eigenvalue weighted by atomic mass is 9.33. The van der Waals surface area contributed by atoms with E-state index >= 15 is 0 Å². The van der Waals surface area contributed by atoms with Crippen LogP contribution in [0.25, 0.3) is 60.6 Å². The third-order valence-electron chi connectivity index (χ3n) is 17.3. The molecule has 2 aromatic heterocycles. The van der Waals surface area contributed by atoms with Crippen LogP contribution in [-0.2, 0) is 16.2 Å². The van der Waals surface area contributed by atoms with Crippen molar-refractivity contribution in [3.8, 4) is 16.8 Å². The van der Waals surface area contributed by atoms with E-state index in [1.165, 1.54) is 139 Å². The number of anilines is 6. The van der Waals surface area contributed by atoms with Gasteiger partial charge < -0.3 is 18.8 Å². The first kappa shape index (κ1) is 48.9. The Morgan fingerprint density at radius 1 is 0.377 bits per heavy atom. The van der Waals surface area contributed by atoms with Gasteiger partial charge in [-0.1, -0.05) is 159 Å². The van der Waals surface area contributed by atoms with Crippen LogP contribution >= 0.6 is 0 Å². The topological polar surface area (TPSA) is 24.6 Å². The monoisotopic (exact) mass is 1000 g/mol. The highest BCUT2D eigenvalue weighted by Crippen LogP contribution is 2.51. The molecule has 382 valence electrons. The summed E-state index contributed by atoms with van der Waals surface area (Å²) in [5.74, 6) is 0. The van der Waals surface area contributed by atoms with Crippen molar-refractivity contribution in [2.75, 3.05) is 9.80 Å². The van der Waals surface area contributed by atoms with E-state index in [2.05, 4.69) is 270 Å². The van der Waals surface area contributed by atoms with Crippen LogP contribution in [-0.4, -0.2) is 11.3 Å². The molecule has 2 aliphatic heterocycles. The van der Waals surface area contributed by atoms with Crippen LogP contribution in [0, 0.1) is 41.5 Å². The number of benzene rings is 9. The minimum absolute atomic E-state index is 0.00649. The fourth-order valence-electron chi connectivity index (χ4n) is 13.5. The summed E-state index contributed by atoms with van der Waals surface area (Å²) in [6, 6.07) is 58.2. The van der Waals surface area contributed by atoms with Gasteiger partial charge in [0.05, 0.1) is 28.1 Å². The molecule has 0 atom stereocenters. The Kier molecular flexibility index (Phi) is 10.7. The van der Waals surface area contributed by atoms with Gasteiger partial charge in [-0.2, -0.15) is 0 Å². The molecular weight excluding hydrogens is 934 g/mol. The van der Waals surface area contributed by atoms with Crippen LogP contribution in [0.3, 0.4) is 0 Å². The molecule has 4 heterocycles. The molecule has 13 rings (SSSR count). The Hall–Kier alpha value is -7.76. The first-order valence-corrected chi connectivity index (χ1v) is 27.8. The Bertz CT molecular complexity index is 4250. The molecule has 4 nitrogen and oxygen atoms in total. The maximum atomic E-state index is 6.47. The first-order valence-electron chi connectivity index (χ1n) is 27.8. The zero-order valence-electron chi connectivity index (χ0n) is 47.8. The molecule has 0 bridgehead atoms. The second-order valence-corrected chi connectivity index (χ2v) is 25.8. The summed E-state index contributed by atoms with van der Waals surface area (Å²) in [6.07, 6.45) is 0. The molecule has 0 N–H and O–H groups in total. The van der Waals surface area contributed by atoms with Gasteiger partial charge in [0.25, 0.3) is 6.71 Å². The molecule has 0 aliphatic carbocycles. The van der Waals surface area contributed by atoms with Crippen LogP contribution in [0.2, 0.25) is 0 Å². The average Bonchev–Trinajstić information content (AvgIpc) is 3.91. The van der Waals surface area contributed by atoms with Crippen LogP contribution < -0.4 is 26.2 Å². The largest absolute Gasteiger partial charge is 0.456 e. The Balaban J connectivity index is 1.18. The molecule has 0 saturated heterocycles. The lowest BCUT2D eigenvalue weighted by molar-refractivity contribution is 0.589. The first-order chi connectivity index (χ1) is 36.6. The van der Waals surface area contributed by atoms with Gasteiger partial charge in [-0.05, 0) is 190 Å². The third kappa shape index (κ3) is 7.39. The van der Waals surface area contributed by atoms with E-state index in [9.17, 15) is 0 Å². The number of hydrogen-bond donors (Lipinski definition) is 0. The fraction of sp³-hybridized carbons (Fsp3) is 0.250. The zero-order valence-corrected chi connectivity index (χ0v) is 47.8.